The number of benzene rings is 2. The zero-order chi connectivity index (χ0) is 23.5. The molecule has 0 aromatic heterocycles. The molecule has 178 valence electrons. The van der Waals surface area contributed by atoms with Crippen LogP contribution in [0.5, 0.6) is 0 Å². The molecule has 0 radical (unpaired) electrons. The highest BCUT2D eigenvalue weighted by Gasteiger charge is 2.15. The molecule has 1 heterocycles. The molecule has 0 spiro atoms. The normalized spacial score (nSPS) is 15.3. The van der Waals surface area contributed by atoms with Gasteiger partial charge in [-0.15, -0.1) is 0 Å². The first-order chi connectivity index (χ1) is 16.1. The largest absolute Gasteiger partial charge is 0.357 e. The second kappa shape index (κ2) is 13.0. The SMILES string of the molecule is CCNC(=NCc1cccc(CN2CCC(C)CC2)c1)NCCc1cccc(C(=O)NC)c1. The number of guanidine groups is 1. The molecule has 1 fully saturated rings. The minimum Gasteiger partial charge on any atom is -0.357 e. The zero-order valence-corrected chi connectivity index (χ0v) is 20.4. The lowest BCUT2D eigenvalue weighted by Crippen LogP contribution is -2.38. The summed E-state index contributed by atoms with van der Waals surface area (Å²) >= 11 is 0. The number of nitrogens with zero attached hydrogens (tertiary/aromatic N) is 2. The van der Waals surface area contributed by atoms with Gasteiger partial charge in [0.05, 0.1) is 6.54 Å². The van der Waals surface area contributed by atoms with Gasteiger partial charge in [-0.2, -0.15) is 0 Å². The van der Waals surface area contributed by atoms with Gasteiger partial charge in [-0.25, -0.2) is 4.99 Å². The van der Waals surface area contributed by atoms with Crippen molar-refractivity contribution in [2.24, 2.45) is 10.9 Å². The van der Waals surface area contributed by atoms with E-state index in [4.69, 9.17) is 4.99 Å². The van der Waals surface area contributed by atoms with Crippen molar-refractivity contribution in [2.45, 2.75) is 46.2 Å². The molecule has 2 aromatic rings. The summed E-state index contributed by atoms with van der Waals surface area (Å²) in [5.74, 6) is 1.62. The number of hydrogen-bond donors (Lipinski definition) is 3. The second-order valence-corrected chi connectivity index (χ2v) is 8.93. The van der Waals surface area contributed by atoms with Crippen LogP contribution in [0.15, 0.2) is 53.5 Å². The number of likely N-dealkylation sites (tertiary alicyclic amines) is 1. The summed E-state index contributed by atoms with van der Waals surface area (Å²) < 4.78 is 0. The Morgan fingerprint density at radius 3 is 2.52 bits per heavy atom. The van der Waals surface area contributed by atoms with E-state index in [0.717, 1.165) is 43.5 Å². The average molecular weight is 450 g/mol. The van der Waals surface area contributed by atoms with Crippen LogP contribution in [0.25, 0.3) is 0 Å². The number of carbonyl (C=O) groups is 1. The van der Waals surface area contributed by atoms with Gasteiger partial charge in [0.2, 0.25) is 0 Å². The lowest BCUT2D eigenvalue weighted by molar-refractivity contribution is 0.0963. The number of piperidine rings is 1. The highest BCUT2D eigenvalue weighted by atomic mass is 16.1. The van der Waals surface area contributed by atoms with Gasteiger partial charge >= 0.3 is 0 Å². The smallest absolute Gasteiger partial charge is 0.251 e. The predicted octanol–water partition coefficient (Wildman–Crippen LogP) is 3.58. The molecular weight excluding hydrogens is 410 g/mol. The predicted molar refractivity (Wildman–Crippen MR) is 136 cm³/mol. The van der Waals surface area contributed by atoms with Crippen LogP contribution < -0.4 is 16.0 Å². The third-order valence-corrected chi connectivity index (χ3v) is 6.16. The minimum absolute atomic E-state index is 0.0585. The van der Waals surface area contributed by atoms with E-state index in [9.17, 15) is 4.79 Å². The average Bonchev–Trinajstić information content (AvgIpc) is 2.84. The van der Waals surface area contributed by atoms with Crippen LogP contribution in [-0.4, -0.2) is 50.0 Å². The van der Waals surface area contributed by atoms with Crippen LogP contribution in [0.1, 0.15) is 53.7 Å². The van der Waals surface area contributed by atoms with Crippen LogP contribution in [0.4, 0.5) is 0 Å². The van der Waals surface area contributed by atoms with Gasteiger partial charge in [0.1, 0.15) is 0 Å². The standard InChI is InChI=1S/C27H39N5O/c1-4-29-27(30-14-11-22-7-6-10-25(18-22)26(33)28-3)31-19-23-8-5-9-24(17-23)20-32-15-12-21(2)13-16-32/h5-10,17-18,21H,4,11-16,19-20H2,1-3H3,(H,28,33)(H2,29,30,31). The van der Waals surface area contributed by atoms with Gasteiger partial charge in [0, 0.05) is 32.2 Å². The van der Waals surface area contributed by atoms with Gasteiger partial charge in [-0.1, -0.05) is 43.3 Å². The summed E-state index contributed by atoms with van der Waals surface area (Å²) in [4.78, 5) is 19.2. The summed E-state index contributed by atoms with van der Waals surface area (Å²) in [6, 6.07) is 16.6. The Labute approximate surface area is 198 Å². The summed E-state index contributed by atoms with van der Waals surface area (Å²) in [7, 11) is 1.65. The highest BCUT2D eigenvalue weighted by molar-refractivity contribution is 5.94. The minimum atomic E-state index is -0.0585. The van der Waals surface area contributed by atoms with Gasteiger partial charge in [0.15, 0.2) is 5.96 Å². The van der Waals surface area contributed by atoms with Gasteiger partial charge in [-0.05, 0) is 74.0 Å². The van der Waals surface area contributed by atoms with Crippen molar-refractivity contribution in [3.05, 3.63) is 70.8 Å². The Morgan fingerprint density at radius 2 is 1.76 bits per heavy atom. The van der Waals surface area contributed by atoms with Crippen LogP contribution >= 0.6 is 0 Å². The van der Waals surface area contributed by atoms with Crippen molar-refractivity contribution < 1.29 is 4.79 Å². The highest BCUT2D eigenvalue weighted by Crippen LogP contribution is 2.18. The maximum atomic E-state index is 11.8. The zero-order valence-electron chi connectivity index (χ0n) is 20.4. The fraction of sp³-hybridized carbons (Fsp3) is 0.481. The molecule has 2 aromatic carbocycles. The number of carbonyl (C=O) groups excluding carboxylic acids is 1. The molecule has 0 aliphatic carbocycles. The Morgan fingerprint density at radius 1 is 1.03 bits per heavy atom. The molecule has 0 unspecified atom stereocenters. The van der Waals surface area contributed by atoms with Crippen molar-refractivity contribution in [3.63, 3.8) is 0 Å². The number of amides is 1. The van der Waals surface area contributed by atoms with Gasteiger partial charge in [0.25, 0.3) is 5.91 Å². The Bertz CT molecular complexity index is 918. The molecule has 1 amide bonds. The topological polar surface area (TPSA) is 68.8 Å². The lowest BCUT2D eigenvalue weighted by atomic mass is 9.98. The molecule has 0 saturated carbocycles. The Hall–Kier alpha value is -2.86. The van der Waals surface area contributed by atoms with Crippen molar-refractivity contribution >= 4 is 11.9 Å². The maximum Gasteiger partial charge on any atom is 0.251 e. The summed E-state index contributed by atoms with van der Waals surface area (Å²) in [5.41, 5.74) is 4.41. The van der Waals surface area contributed by atoms with Crippen LogP contribution in [-0.2, 0) is 19.5 Å². The first kappa shape index (κ1) is 24.8. The molecule has 1 saturated heterocycles. The number of rotatable bonds is 9. The molecule has 3 rings (SSSR count). The van der Waals surface area contributed by atoms with E-state index in [1.165, 1.54) is 37.1 Å². The molecule has 1 aliphatic rings. The Kier molecular flexibility index (Phi) is 9.76. The fourth-order valence-electron chi connectivity index (χ4n) is 4.15. The van der Waals surface area contributed by atoms with E-state index in [1.54, 1.807) is 7.05 Å². The molecule has 33 heavy (non-hydrogen) atoms. The molecule has 6 heteroatoms. The molecular formula is C27H39N5O. The molecule has 0 atom stereocenters. The quantitative estimate of drug-likeness (QED) is 0.404. The van der Waals surface area contributed by atoms with Gasteiger partial charge < -0.3 is 16.0 Å². The van der Waals surface area contributed by atoms with E-state index in [-0.39, 0.29) is 5.91 Å². The van der Waals surface area contributed by atoms with Crippen LogP contribution in [0.3, 0.4) is 0 Å². The summed E-state index contributed by atoms with van der Waals surface area (Å²) in [6.45, 7) is 10.1. The van der Waals surface area contributed by atoms with Gasteiger partial charge in [-0.3, -0.25) is 9.69 Å². The fourth-order valence-corrected chi connectivity index (χ4v) is 4.15. The van der Waals surface area contributed by atoms with E-state index in [2.05, 4.69) is 59.0 Å². The van der Waals surface area contributed by atoms with Crippen molar-refractivity contribution in [1.82, 2.24) is 20.9 Å². The summed E-state index contributed by atoms with van der Waals surface area (Å²) in [5, 5.41) is 9.42. The third kappa shape index (κ3) is 8.21. The molecule has 3 N–H and O–H groups in total. The number of aliphatic imine (C=N–C) groups is 1. The maximum absolute atomic E-state index is 11.8. The second-order valence-electron chi connectivity index (χ2n) is 8.93. The number of hydrogen-bond acceptors (Lipinski definition) is 3. The first-order valence-corrected chi connectivity index (χ1v) is 12.2. The van der Waals surface area contributed by atoms with E-state index >= 15 is 0 Å². The molecule has 0 bridgehead atoms. The van der Waals surface area contributed by atoms with Crippen molar-refractivity contribution in [2.75, 3.05) is 33.2 Å². The number of nitrogens with one attached hydrogen (secondary N) is 3. The van der Waals surface area contributed by atoms with Crippen molar-refractivity contribution in [1.29, 1.82) is 0 Å². The molecule has 6 nitrogen and oxygen atoms in total. The first-order valence-electron chi connectivity index (χ1n) is 12.2. The summed E-state index contributed by atoms with van der Waals surface area (Å²) in [6.07, 6.45) is 3.43. The van der Waals surface area contributed by atoms with E-state index in [1.807, 2.05) is 24.3 Å². The van der Waals surface area contributed by atoms with E-state index < -0.39 is 0 Å². The monoisotopic (exact) mass is 449 g/mol. The van der Waals surface area contributed by atoms with E-state index in [0.29, 0.717) is 12.1 Å². The lowest BCUT2D eigenvalue weighted by Gasteiger charge is -2.30. The Balaban J connectivity index is 1.53. The van der Waals surface area contributed by atoms with Crippen molar-refractivity contribution in [3.8, 4) is 0 Å². The van der Waals surface area contributed by atoms with Crippen LogP contribution in [0.2, 0.25) is 0 Å². The van der Waals surface area contributed by atoms with Crippen LogP contribution in [0, 0.1) is 5.92 Å². The third-order valence-electron chi connectivity index (χ3n) is 6.16. The molecule has 1 aliphatic heterocycles.